The summed E-state index contributed by atoms with van der Waals surface area (Å²) in [6.45, 7) is 1.43. The van der Waals surface area contributed by atoms with Crippen LogP contribution in [0.4, 0.5) is 5.95 Å². The van der Waals surface area contributed by atoms with Gasteiger partial charge in [-0.15, -0.1) is 4.98 Å². The maximum absolute atomic E-state index is 12.2. The third-order valence-corrected chi connectivity index (χ3v) is 3.98. The van der Waals surface area contributed by atoms with E-state index in [-0.39, 0.29) is 24.0 Å². The number of anilines is 1. The van der Waals surface area contributed by atoms with Crippen molar-refractivity contribution in [3.63, 3.8) is 0 Å². The first-order chi connectivity index (χ1) is 12.2. The summed E-state index contributed by atoms with van der Waals surface area (Å²) in [7, 11) is 3.00. The second kappa shape index (κ2) is 7.73. The summed E-state index contributed by atoms with van der Waals surface area (Å²) < 4.78 is 10.2. The second-order valence-corrected chi connectivity index (χ2v) is 5.59. The Bertz CT molecular complexity index is 697. The molecule has 1 amide bonds. The van der Waals surface area contributed by atoms with E-state index < -0.39 is 0 Å². The van der Waals surface area contributed by atoms with Crippen molar-refractivity contribution in [2.75, 3.05) is 32.2 Å². The van der Waals surface area contributed by atoms with Crippen molar-refractivity contribution >= 4 is 11.9 Å². The molecule has 0 atom stereocenters. The Morgan fingerprint density at radius 3 is 2.40 bits per heavy atom. The Hall–Kier alpha value is -2.97. The van der Waals surface area contributed by atoms with Crippen LogP contribution >= 0.6 is 0 Å². The molecule has 0 unspecified atom stereocenters. The number of nitrogens with zero attached hydrogens (tertiary/aromatic N) is 5. The average Bonchev–Trinajstić information content (AvgIpc) is 2.68. The van der Waals surface area contributed by atoms with Crippen LogP contribution in [-0.2, 0) is 0 Å². The molecule has 0 bridgehead atoms. The van der Waals surface area contributed by atoms with Gasteiger partial charge in [-0.1, -0.05) is 0 Å². The number of carbonyl (C=O) groups is 1. The average molecular weight is 344 g/mol. The van der Waals surface area contributed by atoms with E-state index in [0.29, 0.717) is 24.6 Å². The van der Waals surface area contributed by atoms with E-state index >= 15 is 0 Å². The van der Waals surface area contributed by atoms with Gasteiger partial charge >= 0.3 is 12.0 Å². The third-order valence-electron chi connectivity index (χ3n) is 3.98. The van der Waals surface area contributed by atoms with Gasteiger partial charge in [-0.3, -0.25) is 9.78 Å². The molecule has 3 rings (SSSR count). The Balaban J connectivity index is 1.59. The number of nitrogens with one attached hydrogen (secondary N) is 1. The van der Waals surface area contributed by atoms with Gasteiger partial charge in [0.25, 0.3) is 5.91 Å². The highest BCUT2D eigenvalue weighted by Gasteiger charge is 2.24. The molecule has 1 saturated heterocycles. The standard InChI is InChI=1S/C16H20N6O3/c1-24-15-19-14(20-16(21-15)25-2)22-8-5-12(6-9-22)18-13(23)11-4-3-7-17-10-11/h3-4,7,10,12H,5-6,8-9H2,1-2H3,(H,18,23). The number of ether oxygens (including phenoxy) is 2. The van der Waals surface area contributed by atoms with Gasteiger partial charge in [-0.25, -0.2) is 0 Å². The fourth-order valence-corrected chi connectivity index (χ4v) is 2.64. The number of methoxy groups -OCH3 is 2. The molecule has 0 radical (unpaired) electrons. The van der Waals surface area contributed by atoms with Crippen LogP contribution in [0.25, 0.3) is 0 Å². The maximum atomic E-state index is 12.2. The lowest BCUT2D eigenvalue weighted by atomic mass is 10.0. The van der Waals surface area contributed by atoms with E-state index in [1.165, 1.54) is 14.2 Å². The minimum atomic E-state index is -0.102. The van der Waals surface area contributed by atoms with Crippen molar-refractivity contribution in [2.24, 2.45) is 0 Å². The van der Waals surface area contributed by atoms with Crippen LogP contribution < -0.4 is 19.7 Å². The van der Waals surface area contributed by atoms with Gasteiger partial charge in [0.15, 0.2) is 0 Å². The number of amides is 1. The fourth-order valence-electron chi connectivity index (χ4n) is 2.64. The smallest absolute Gasteiger partial charge is 0.324 e. The fraction of sp³-hybridized carbons (Fsp3) is 0.438. The Morgan fingerprint density at radius 1 is 1.16 bits per heavy atom. The Labute approximate surface area is 145 Å². The summed E-state index contributed by atoms with van der Waals surface area (Å²) in [5.74, 6) is 0.413. The monoisotopic (exact) mass is 344 g/mol. The van der Waals surface area contributed by atoms with E-state index in [2.05, 4.69) is 25.3 Å². The van der Waals surface area contributed by atoms with Gasteiger partial charge in [-0.05, 0) is 25.0 Å². The topological polar surface area (TPSA) is 102 Å². The van der Waals surface area contributed by atoms with E-state index in [9.17, 15) is 4.79 Å². The molecular weight excluding hydrogens is 324 g/mol. The highest BCUT2D eigenvalue weighted by Crippen LogP contribution is 2.20. The van der Waals surface area contributed by atoms with Gasteiger partial charge in [0.2, 0.25) is 5.95 Å². The van der Waals surface area contributed by atoms with Crippen molar-refractivity contribution in [3.05, 3.63) is 30.1 Å². The first kappa shape index (κ1) is 16.9. The van der Waals surface area contributed by atoms with E-state index in [1.807, 2.05) is 4.90 Å². The zero-order valence-corrected chi connectivity index (χ0v) is 14.2. The van der Waals surface area contributed by atoms with Gasteiger partial charge in [0.1, 0.15) is 0 Å². The zero-order chi connectivity index (χ0) is 17.6. The number of pyridine rings is 1. The number of hydrogen-bond acceptors (Lipinski definition) is 8. The van der Waals surface area contributed by atoms with Crippen LogP contribution in [0.5, 0.6) is 12.0 Å². The molecule has 0 spiro atoms. The summed E-state index contributed by atoms with van der Waals surface area (Å²) in [6.07, 6.45) is 4.80. The lowest BCUT2D eigenvalue weighted by molar-refractivity contribution is 0.0930. The summed E-state index contributed by atoms with van der Waals surface area (Å²) in [5.41, 5.74) is 0.567. The minimum absolute atomic E-state index is 0.102. The second-order valence-electron chi connectivity index (χ2n) is 5.59. The van der Waals surface area contributed by atoms with Crippen LogP contribution in [0.1, 0.15) is 23.2 Å². The molecule has 0 aliphatic carbocycles. The van der Waals surface area contributed by atoms with E-state index in [4.69, 9.17) is 9.47 Å². The zero-order valence-electron chi connectivity index (χ0n) is 14.2. The summed E-state index contributed by atoms with van der Waals surface area (Å²) in [4.78, 5) is 30.7. The number of hydrogen-bond donors (Lipinski definition) is 1. The predicted octanol–water partition coefficient (Wildman–Crippen LogP) is 0.683. The highest BCUT2D eigenvalue weighted by atomic mass is 16.5. The molecule has 1 aliphatic rings. The van der Waals surface area contributed by atoms with E-state index in [1.54, 1.807) is 24.5 Å². The van der Waals surface area contributed by atoms with Crippen LogP contribution in [0.3, 0.4) is 0 Å². The molecule has 2 aromatic rings. The SMILES string of the molecule is COc1nc(OC)nc(N2CCC(NC(=O)c3cccnc3)CC2)n1. The molecule has 132 valence electrons. The Kier molecular flexibility index (Phi) is 5.22. The molecule has 9 heteroatoms. The molecular formula is C16H20N6O3. The Morgan fingerprint density at radius 2 is 1.84 bits per heavy atom. The highest BCUT2D eigenvalue weighted by molar-refractivity contribution is 5.94. The van der Waals surface area contributed by atoms with Crippen LogP contribution in [0.2, 0.25) is 0 Å². The third kappa shape index (κ3) is 4.11. The van der Waals surface area contributed by atoms with Crippen LogP contribution in [-0.4, -0.2) is 59.2 Å². The summed E-state index contributed by atoms with van der Waals surface area (Å²) in [6, 6.07) is 4.04. The molecule has 0 saturated carbocycles. The quantitative estimate of drug-likeness (QED) is 0.845. The first-order valence-electron chi connectivity index (χ1n) is 7.99. The van der Waals surface area contributed by atoms with Gasteiger partial charge in [0, 0.05) is 31.5 Å². The number of carbonyl (C=O) groups excluding carboxylic acids is 1. The molecule has 0 aromatic carbocycles. The molecule has 9 nitrogen and oxygen atoms in total. The number of rotatable bonds is 5. The predicted molar refractivity (Wildman–Crippen MR) is 89.9 cm³/mol. The molecule has 1 N–H and O–H groups in total. The van der Waals surface area contributed by atoms with Gasteiger partial charge < -0.3 is 19.7 Å². The van der Waals surface area contributed by atoms with Gasteiger partial charge in [0.05, 0.1) is 19.8 Å². The molecule has 2 aromatic heterocycles. The normalized spacial score (nSPS) is 14.9. The van der Waals surface area contributed by atoms with E-state index in [0.717, 1.165) is 12.8 Å². The van der Waals surface area contributed by atoms with Crippen molar-refractivity contribution in [2.45, 2.75) is 18.9 Å². The van der Waals surface area contributed by atoms with Gasteiger partial charge in [-0.2, -0.15) is 9.97 Å². The van der Waals surface area contributed by atoms with Crippen molar-refractivity contribution < 1.29 is 14.3 Å². The molecule has 1 aliphatic heterocycles. The maximum Gasteiger partial charge on any atom is 0.324 e. The minimum Gasteiger partial charge on any atom is -0.467 e. The number of aromatic nitrogens is 4. The largest absolute Gasteiger partial charge is 0.467 e. The lowest BCUT2D eigenvalue weighted by Crippen LogP contribution is -2.45. The molecule has 3 heterocycles. The van der Waals surface area contributed by atoms with Crippen molar-refractivity contribution in [1.82, 2.24) is 25.3 Å². The van der Waals surface area contributed by atoms with Crippen LogP contribution in [0, 0.1) is 0 Å². The molecule has 25 heavy (non-hydrogen) atoms. The summed E-state index contributed by atoms with van der Waals surface area (Å²) in [5, 5.41) is 3.04. The number of piperidine rings is 1. The van der Waals surface area contributed by atoms with Crippen molar-refractivity contribution in [1.29, 1.82) is 0 Å². The summed E-state index contributed by atoms with van der Waals surface area (Å²) >= 11 is 0. The van der Waals surface area contributed by atoms with Crippen LogP contribution in [0.15, 0.2) is 24.5 Å². The molecule has 1 fully saturated rings. The lowest BCUT2D eigenvalue weighted by Gasteiger charge is -2.32. The first-order valence-corrected chi connectivity index (χ1v) is 7.99. The van der Waals surface area contributed by atoms with Crippen molar-refractivity contribution in [3.8, 4) is 12.0 Å².